The summed E-state index contributed by atoms with van der Waals surface area (Å²) in [5.41, 5.74) is 0.426. The van der Waals surface area contributed by atoms with Crippen molar-refractivity contribution in [1.82, 2.24) is 14.9 Å². The summed E-state index contributed by atoms with van der Waals surface area (Å²) in [6, 6.07) is 3.59. The zero-order chi connectivity index (χ0) is 15.2. The largest absolute Gasteiger partial charge is 0.353 e. The van der Waals surface area contributed by atoms with Crippen LogP contribution >= 0.6 is 15.9 Å². The van der Waals surface area contributed by atoms with Crippen molar-refractivity contribution in [3.8, 4) is 0 Å². The van der Waals surface area contributed by atoms with Gasteiger partial charge in [0.15, 0.2) is 5.82 Å². The third kappa shape index (κ3) is 2.51. The first-order valence-electron chi connectivity index (χ1n) is 6.95. The number of benzene rings is 1. The Morgan fingerprint density at radius 3 is 2.71 bits per heavy atom. The summed E-state index contributed by atoms with van der Waals surface area (Å²) in [7, 11) is 2.13. The number of hydrogen-bond donors (Lipinski definition) is 0. The van der Waals surface area contributed by atoms with Crippen molar-refractivity contribution in [3.63, 3.8) is 0 Å². The van der Waals surface area contributed by atoms with Gasteiger partial charge < -0.3 is 4.90 Å². The molecule has 0 unspecified atom stereocenters. The third-order valence-electron chi connectivity index (χ3n) is 4.29. The van der Waals surface area contributed by atoms with Crippen molar-refractivity contribution in [2.45, 2.75) is 19.4 Å². The Morgan fingerprint density at radius 1 is 1.24 bits per heavy atom. The van der Waals surface area contributed by atoms with Crippen LogP contribution in [0.4, 0.5) is 10.2 Å². The zero-order valence-corrected chi connectivity index (χ0v) is 14.0. The standard InChI is InChI=1S/C15H18BrFN4/c1-15(2)8-21(7-6-20(15)3)14-10-4-5-11(16)12(17)13(10)18-9-19-14/h4-5,9H,6-8H2,1-3H3. The maximum absolute atomic E-state index is 14.2. The summed E-state index contributed by atoms with van der Waals surface area (Å²) in [6.45, 7) is 7.11. The van der Waals surface area contributed by atoms with Crippen molar-refractivity contribution in [3.05, 3.63) is 28.7 Å². The highest BCUT2D eigenvalue weighted by molar-refractivity contribution is 9.10. The fraction of sp³-hybridized carbons (Fsp3) is 0.467. The van der Waals surface area contributed by atoms with Crippen molar-refractivity contribution >= 4 is 32.7 Å². The molecule has 0 amide bonds. The second kappa shape index (κ2) is 5.18. The van der Waals surface area contributed by atoms with E-state index in [0.717, 1.165) is 30.8 Å². The molecule has 112 valence electrons. The molecule has 0 atom stereocenters. The van der Waals surface area contributed by atoms with E-state index >= 15 is 0 Å². The molecule has 0 spiro atoms. The lowest BCUT2D eigenvalue weighted by Crippen LogP contribution is -2.57. The highest BCUT2D eigenvalue weighted by Gasteiger charge is 2.32. The van der Waals surface area contributed by atoms with Gasteiger partial charge in [0.25, 0.3) is 0 Å². The molecule has 1 aromatic heterocycles. The van der Waals surface area contributed by atoms with Gasteiger partial charge in [0.2, 0.25) is 0 Å². The second-order valence-corrected chi connectivity index (χ2v) is 6.96. The van der Waals surface area contributed by atoms with Gasteiger partial charge in [-0.1, -0.05) is 0 Å². The minimum absolute atomic E-state index is 0.0590. The lowest BCUT2D eigenvalue weighted by atomic mass is 9.99. The molecular weight excluding hydrogens is 335 g/mol. The smallest absolute Gasteiger partial charge is 0.163 e. The maximum Gasteiger partial charge on any atom is 0.163 e. The fourth-order valence-electron chi connectivity index (χ4n) is 2.73. The minimum atomic E-state index is -0.329. The number of hydrogen-bond acceptors (Lipinski definition) is 4. The highest BCUT2D eigenvalue weighted by atomic mass is 79.9. The van der Waals surface area contributed by atoms with Crippen molar-refractivity contribution in [1.29, 1.82) is 0 Å². The Kier molecular flexibility index (Phi) is 3.61. The maximum atomic E-state index is 14.2. The molecule has 3 rings (SSSR count). The topological polar surface area (TPSA) is 32.3 Å². The van der Waals surface area contributed by atoms with Gasteiger partial charge in [-0.05, 0) is 49.0 Å². The van der Waals surface area contributed by atoms with E-state index in [9.17, 15) is 4.39 Å². The molecule has 0 saturated carbocycles. The first kappa shape index (κ1) is 14.7. The van der Waals surface area contributed by atoms with Gasteiger partial charge in [-0.25, -0.2) is 14.4 Å². The normalized spacial score (nSPS) is 19.2. The van der Waals surface area contributed by atoms with Gasteiger partial charge in [0, 0.05) is 30.6 Å². The first-order chi connectivity index (χ1) is 9.90. The van der Waals surface area contributed by atoms with E-state index in [1.165, 1.54) is 6.33 Å². The van der Waals surface area contributed by atoms with Crippen molar-refractivity contribution < 1.29 is 4.39 Å². The van der Waals surface area contributed by atoms with E-state index in [-0.39, 0.29) is 11.4 Å². The van der Waals surface area contributed by atoms with Gasteiger partial charge in [0.1, 0.15) is 17.7 Å². The molecule has 21 heavy (non-hydrogen) atoms. The predicted molar refractivity (Wildman–Crippen MR) is 86.1 cm³/mol. The van der Waals surface area contributed by atoms with E-state index in [1.54, 1.807) is 6.07 Å². The average Bonchev–Trinajstić information content (AvgIpc) is 2.45. The van der Waals surface area contributed by atoms with Gasteiger partial charge >= 0.3 is 0 Å². The fourth-order valence-corrected chi connectivity index (χ4v) is 3.05. The predicted octanol–water partition coefficient (Wildman–Crippen LogP) is 3.06. The van der Waals surface area contributed by atoms with E-state index in [0.29, 0.717) is 9.99 Å². The SMILES string of the molecule is CN1CCN(c2ncnc3c(F)c(Br)ccc23)CC1(C)C. The summed E-state index contributed by atoms with van der Waals surface area (Å²) in [4.78, 5) is 13.1. The molecule has 0 N–H and O–H groups in total. The number of piperazine rings is 1. The molecule has 6 heteroatoms. The highest BCUT2D eigenvalue weighted by Crippen LogP contribution is 2.31. The number of anilines is 1. The van der Waals surface area contributed by atoms with E-state index in [1.807, 2.05) is 6.07 Å². The number of nitrogens with zero attached hydrogens (tertiary/aromatic N) is 4. The number of halogens is 2. The molecule has 0 aliphatic carbocycles. The van der Waals surface area contributed by atoms with Crippen LogP contribution < -0.4 is 4.90 Å². The van der Waals surface area contributed by atoms with Crippen molar-refractivity contribution in [2.24, 2.45) is 0 Å². The van der Waals surface area contributed by atoms with Crippen LogP contribution in [0.3, 0.4) is 0 Å². The van der Waals surface area contributed by atoms with E-state index in [4.69, 9.17) is 0 Å². The monoisotopic (exact) mass is 352 g/mol. The summed E-state index contributed by atoms with van der Waals surface area (Å²) < 4.78 is 14.6. The van der Waals surface area contributed by atoms with Crippen LogP contribution in [0.15, 0.2) is 22.9 Å². The number of fused-ring (bicyclic) bond motifs is 1. The van der Waals surface area contributed by atoms with Gasteiger partial charge in [-0.15, -0.1) is 0 Å². The van der Waals surface area contributed by atoms with Crippen LogP contribution in [0.2, 0.25) is 0 Å². The van der Waals surface area contributed by atoms with E-state index < -0.39 is 0 Å². The molecule has 1 aliphatic heterocycles. The number of rotatable bonds is 1. The summed E-state index contributed by atoms with van der Waals surface area (Å²) in [6.07, 6.45) is 1.44. The van der Waals surface area contributed by atoms with Crippen LogP contribution in [0, 0.1) is 5.82 Å². The minimum Gasteiger partial charge on any atom is -0.353 e. The Balaban J connectivity index is 2.07. The molecule has 0 radical (unpaired) electrons. The molecule has 1 aliphatic rings. The lowest BCUT2D eigenvalue weighted by Gasteiger charge is -2.45. The third-order valence-corrected chi connectivity index (χ3v) is 4.91. The van der Waals surface area contributed by atoms with E-state index in [2.05, 4.69) is 56.6 Å². The summed E-state index contributed by atoms with van der Waals surface area (Å²) >= 11 is 3.21. The number of aromatic nitrogens is 2. The second-order valence-electron chi connectivity index (χ2n) is 6.11. The molecule has 2 aromatic rings. The molecule has 2 heterocycles. The van der Waals surface area contributed by atoms with Gasteiger partial charge in [-0.3, -0.25) is 4.90 Å². The molecular formula is C15H18BrFN4. The van der Waals surface area contributed by atoms with Crippen LogP contribution in [0.1, 0.15) is 13.8 Å². The zero-order valence-electron chi connectivity index (χ0n) is 12.4. The lowest BCUT2D eigenvalue weighted by molar-refractivity contribution is 0.138. The Labute approximate surface area is 132 Å². The molecule has 1 saturated heterocycles. The molecule has 1 fully saturated rings. The van der Waals surface area contributed by atoms with Crippen LogP contribution in [0.25, 0.3) is 10.9 Å². The summed E-state index contributed by atoms with van der Waals surface area (Å²) in [5, 5.41) is 0.763. The van der Waals surface area contributed by atoms with Crippen LogP contribution in [0.5, 0.6) is 0 Å². The number of likely N-dealkylation sites (N-methyl/N-ethyl adjacent to an activating group) is 1. The quantitative estimate of drug-likeness (QED) is 0.789. The summed E-state index contributed by atoms with van der Waals surface area (Å²) in [5.74, 6) is 0.483. The molecule has 0 bridgehead atoms. The Bertz CT molecular complexity index is 689. The van der Waals surface area contributed by atoms with Crippen LogP contribution in [-0.2, 0) is 0 Å². The first-order valence-corrected chi connectivity index (χ1v) is 7.74. The van der Waals surface area contributed by atoms with Crippen molar-refractivity contribution in [2.75, 3.05) is 31.6 Å². The van der Waals surface area contributed by atoms with Gasteiger partial charge in [-0.2, -0.15) is 0 Å². The molecule has 4 nitrogen and oxygen atoms in total. The molecule has 1 aromatic carbocycles. The van der Waals surface area contributed by atoms with Crippen LogP contribution in [-0.4, -0.2) is 47.1 Å². The van der Waals surface area contributed by atoms with Gasteiger partial charge in [0.05, 0.1) is 4.47 Å². The Hall–Kier alpha value is -1.27. The average molecular weight is 353 g/mol. The Morgan fingerprint density at radius 2 is 2.00 bits per heavy atom.